The molecule has 0 aromatic carbocycles. The first kappa shape index (κ1) is 14.7. The zero-order valence-corrected chi connectivity index (χ0v) is 12.3. The average molecular weight is 278 g/mol. The summed E-state index contributed by atoms with van der Waals surface area (Å²) in [6.45, 7) is 7.03. The molecular weight excluding hydrogens is 256 g/mol. The van der Waals surface area contributed by atoms with Crippen LogP contribution in [0.25, 0.3) is 0 Å². The lowest BCUT2D eigenvalue weighted by Gasteiger charge is -2.32. The van der Waals surface area contributed by atoms with Gasteiger partial charge in [0, 0.05) is 31.5 Å². The molecule has 1 aromatic rings. The van der Waals surface area contributed by atoms with Gasteiger partial charge in [-0.15, -0.1) is 5.06 Å². The van der Waals surface area contributed by atoms with E-state index >= 15 is 0 Å². The van der Waals surface area contributed by atoms with E-state index in [1.807, 2.05) is 20.8 Å². The summed E-state index contributed by atoms with van der Waals surface area (Å²) in [5.41, 5.74) is -0.465. The van der Waals surface area contributed by atoms with Crippen LogP contribution in [0.1, 0.15) is 33.6 Å². The van der Waals surface area contributed by atoms with Gasteiger partial charge in [0.05, 0.1) is 5.41 Å². The minimum Gasteiger partial charge on any atom is -0.367 e. The van der Waals surface area contributed by atoms with Crippen molar-refractivity contribution in [1.29, 1.82) is 0 Å². The Bertz CT molecular complexity index is 436. The van der Waals surface area contributed by atoms with Gasteiger partial charge in [0.2, 0.25) is 5.95 Å². The molecule has 2 heterocycles. The summed E-state index contributed by atoms with van der Waals surface area (Å²) < 4.78 is 0. The van der Waals surface area contributed by atoms with E-state index in [1.54, 1.807) is 23.5 Å². The lowest BCUT2D eigenvalue weighted by atomic mass is 9.98. The highest BCUT2D eigenvalue weighted by molar-refractivity contribution is 5.75. The van der Waals surface area contributed by atoms with Crippen LogP contribution >= 0.6 is 0 Å². The molecular formula is C14H22N4O2. The smallest absolute Gasteiger partial charge is 0.330 e. The molecule has 110 valence electrons. The van der Waals surface area contributed by atoms with Crippen LogP contribution in [-0.2, 0) is 9.63 Å². The van der Waals surface area contributed by atoms with Crippen molar-refractivity contribution >= 4 is 11.9 Å². The summed E-state index contributed by atoms with van der Waals surface area (Å²) in [6, 6.07) is 2.11. The zero-order valence-electron chi connectivity index (χ0n) is 12.3. The molecule has 0 radical (unpaired) electrons. The van der Waals surface area contributed by atoms with Crippen LogP contribution in [-0.4, -0.2) is 40.1 Å². The summed E-state index contributed by atoms with van der Waals surface area (Å²) in [6.07, 6.45) is 5.23. The highest BCUT2D eigenvalue weighted by atomic mass is 16.7. The van der Waals surface area contributed by atoms with Crippen LogP contribution in [0.2, 0.25) is 0 Å². The maximum Gasteiger partial charge on any atom is 0.330 e. The van der Waals surface area contributed by atoms with E-state index < -0.39 is 5.41 Å². The number of hydrogen-bond donors (Lipinski definition) is 1. The number of piperidine rings is 1. The summed E-state index contributed by atoms with van der Waals surface area (Å²) >= 11 is 0. The first-order valence-corrected chi connectivity index (χ1v) is 6.96. The molecule has 0 unspecified atom stereocenters. The fraction of sp³-hybridized carbons (Fsp3) is 0.643. The van der Waals surface area contributed by atoms with Gasteiger partial charge in [-0.1, -0.05) is 0 Å². The first-order chi connectivity index (χ1) is 9.45. The molecule has 1 aliphatic rings. The normalized spacial score (nSPS) is 17.8. The van der Waals surface area contributed by atoms with E-state index in [2.05, 4.69) is 15.3 Å². The minimum atomic E-state index is -0.465. The van der Waals surface area contributed by atoms with Gasteiger partial charge in [-0.3, -0.25) is 0 Å². The molecule has 0 saturated carbocycles. The van der Waals surface area contributed by atoms with E-state index in [-0.39, 0.29) is 5.97 Å². The number of aromatic nitrogens is 2. The van der Waals surface area contributed by atoms with Gasteiger partial charge in [-0.25, -0.2) is 14.8 Å². The Kier molecular flexibility index (Phi) is 4.54. The second-order valence-corrected chi connectivity index (χ2v) is 6.05. The van der Waals surface area contributed by atoms with Gasteiger partial charge >= 0.3 is 5.97 Å². The van der Waals surface area contributed by atoms with Gasteiger partial charge in [-0.05, 0) is 39.7 Å². The Balaban J connectivity index is 1.77. The molecule has 1 saturated heterocycles. The van der Waals surface area contributed by atoms with Crippen molar-refractivity contribution in [3.63, 3.8) is 0 Å². The van der Waals surface area contributed by atoms with Gasteiger partial charge in [0.15, 0.2) is 0 Å². The summed E-state index contributed by atoms with van der Waals surface area (Å²) in [4.78, 5) is 25.5. The van der Waals surface area contributed by atoms with E-state index in [0.717, 1.165) is 25.9 Å². The molecule has 20 heavy (non-hydrogen) atoms. The molecule has 1 fully saturated rings. The van der Waals surface area contributed by atoms with Crippen LogP contribution < -0.4 is 5.32 Å². The third kappa shape index (κ3) is 4.16. The molecule has 0 atom stereocenters. The maximum atomic E-state index is 11.8. The predicted octanol–water partition coefficient (Wildman–Crippen LogP) is 1.86. The Morgan fingerprint density at radius 1 is 1.30 bits per heavy atom. The highest BCUT2D eigenvalue weighted by Gasteiger charge is 2.28. The van der Waals surface area contributed by atoms with E-state index in [1.165, 1.54) is 0 Å². The third-order valence-electron chi connectivity index (χ3n) is 3.18. The van der Waals surface area contributed by atoms with Crippen LogP contribution in [0.4, 0.5) is 5.95 Å². The lowest BCUT2D eigenvalue weighted by molar-refractivity contribution is -0.204. The number of carbonyl (C=O) groups is 1. The Hall–Kier alpha value is -1.69. The van der Waals surface area contributed by atoms with E-state index in [4.69, 9.17) is 4.84 Å². The fourth-order valence-corrected chi connectivity index (χ4v) is 1.90. The number of hydrogen-bond acceptors (Lipinski definition) is 6. The third-order valence-corrected chi connectivity index (χ3v) is 3.18. The number of rotatable bonds is 3. The molecule has 1 N–H and O–H groups in total. The minimum absolute atomic E-state index is 0.185. The summed E-state index contributed by atoms with van der Waals surface area (Å²) in [7, 11) is 0. The number of anilines is 1. The Morgan fingerprint density at radius 2 is 1.90 bits per heavy atom. The second-order valence-electron chi connectivity index (χ2n) is 6.05. The average Bonchev–Trinajstić information content (AvgIpc) is 2.41. The molecule has 1 aromatic heterocycles. The lowest BCUT2D eigenvalue weighted by Crippen LogP contribution is -2.42. The van der Waals surface area contributed by atoms with Gasteiger partial charge < -0.3 is 10.2 Å². The number of nitrogens with zero attached hydrogens (tertiary/aromatic N) is 3. The summed E-state index contributed by atoms with van der Waals surface area (Å²) in [5.74, 6) is 0.466. The van der Waals surface area contributed by atoms with Crippen molar-refractivity contribution in [3.8, 4) is 0 Å². The first-order valence-electron chi connectivity index (χ1n) is 6.96. The number of hydroxylamine groups is 2. The van der Waals surface area contributed by atoms with Crippen molar-refractivity contribution < 1.29 is 9.63 Å². The van der Waals surface area contributed by atoms with Crippen molar-refractivity contribution in [2.24, 2.45) is 5.41 Å². The van der Waals surface area contributed by atoms with Crippen molar-refractivity contribution in [1.82, 2.24) is 15.0 Å². The van der Waals surface area contributed by atoms with E-state index in [9.17, 15) is 4.79 Å². The Labute approximate surface area is 119 Å². The van der Waals surface area contributed by atoms with Gasteiger partial charge in [0.25, 0.3) is 0 Å². The fourth-order valence-electron chi connectivity index (χ4n) is 1.90. The molecule has 0 spiro atoms. The molecule has 0 amide bonds. The van der Waals surface area contributed by atoms with Crippen LogP contribution in [0.5, 0.6) is 0 Å². The van der Waals surface area contributed by atoms with Crippen LogP contribution in [0.3, 0.4) is 0 Å². The van der Waals surface area contributed by atoms with Gasteiger partial charge in [-0.2, -0.15) is 0 Å². The predicted molar refractivity (Wildman–Crippen MR) is 75.8 cm³/mol. The molecule has 0 aliphatic carbocycles. The van der Waals surface area contributed by atoms with E-state index in [0.29, 0.717) is 12.0 Å². The Morgan fingerprint density at radius 3 is 2.45 bits per heavy atom. The number of nitrogens with one attached hydrogen (secondary N) is 1. The highest BCUT2D eigenvalue weighted by Crippen LogP contribution is 2.19. The second kappa shape index (κ2) is 6.17. The monoisotopic (exact) mass is 278 g/mol. The molecule has 6 heteroatoms. The molecule has 2 rings (SSSR count). The molecule has 0 bridgehead atoms. The topological polar surface area (TPSA) is 67.3 Å². The largest absolute Gasteiger partial charge is 0.367 e. The summed E-state index contributed by atoms with van der Waals surface area (Å²) in [5, 5.41) is 5.04. The maximum absolute atomic E-state index is 11.8. The SMILES string of the molecule is CC(C)(C)C(=O)ON1CCC(Nc2ncccn2)CC1. The standard InChI is InChI=1S/C14H22N4O2/c1-14(2,3)12(19)20-18-9-5-11(6-10-18)17-13-15-7-4-8-16-13/h4,7-8,11H,5-6,9-10H2,1-3H3,(H,15,16,17). The number of carbonyl (C=O) groups excluding carboxylic acids is 1. The molecule has 1 aliphatic heterocycles. The van der Waals surface area contributed by atoms with Crippen LogP contribution in [0.15, 0.2) is 18.5 Å². The zero-order chi connectivity index (χ0) is 14.6. The quantitative estimate of drug-likeness (QED) is 0.910. The van der Waals surface area contributed by atoms with Crippen LogP contribution in [0, 0.1) is 5.41 Å². The molecule has 6 nitrogen and oxygen atoms in total. The van der Waals surface area contributed by atoms with Crippen molar-refractivity contribution in [2.75, 3.05) is 18.4 Å². The van der Waals surface area contributed by atoms with Gasteiger partial charge in [0.1, 0.15) is 0 Å². The van der Waals surface area contributed by atoms with Crippen molar-refractivity contribution in [3.05, 3.63) is 18.5 Å². The van der Waals surface area contributed by atoms with Crippen molar-refractivity contribution in [2.45, 2.75) is 39.7 Å².